The zero-order valence-electron chi connectivity index (χ0n) is 21.9. The van der Waals surface area contributed by atoms with E-state index < -0.39 is 0 Å². The number of amides is 2. The van der Waals surface area contributed by atoms with Crippen molar-refractivity contribution in [2.24, 2.45) is 5.73 Å². The van der Waals surface area contributed by atoms with Crippen molar-refractivity contribution < 1.29 is 9.59 Å². The molecule has 0 unspecified atom stereocenters. The first-order valence-electron chi connectivity index (χ1n) is 12.8. The van der Waals surface area contributed by atoms with E-state index in [2.05, 4.69) is 36.9 Å². The van der Waals surface area contributed by atoms with Crippen molar-refractivity contribution in [2.45, 2.75) is 0 Å². The maximum atomic E-state index is 12.4. The molecule has 2 amide bonds. The van der Waals surface area contributed by atoms with Gasteiger partial charge in [0.15, 0.2) is 10.2 Å². The van der Waals surface area contributed by atoms with Crippen LogP contribution in [0.3, 0.4) is 0 Å². The van der Waals surface area contributed by atoms with E-state index in [4.69, 9.17) is 18.0 Å². The lowest BCUT2D eigenvalue weighted by Gasteiger charge is -2.10. The Bertz CT molecular complexity index is 1820. The number of fused-ring (bicyclic) bond motifs is 4. The van der Waals surface area contributed by atoms with Crippen LogP contribution in [0.25, 0.3) is 0 Å². The zero-order valence-corrected chi connectivity index (χ0v) is 23.5. The summed E-state index contributed by atoms with van der Waals surface area (Å²) in [5, 5.41) is 21.2. The summed E-state index contributed by atoms with van der Waals surface area (Å²) in [6.07, 6.45) is 1.74. The van der Waals surface area contributed by atoms with Gasteiger partial charge in [-0.1, -0.05) is 24.3 Å². The molecule has 2 aliphatic heterocycles. The highest BCUT2D eigenvalue weighted by atomic mass is 32.1. The van der Waals surface area contributed by atoms with Gasteiger partial charge in [-0.3, -0.25) is 9.59 Å². The van der Waals surface area contributed by atoms with Gasteiger partial charge in [0.05, 0.1) is 45.3 Å². The minimum Gasteiger partial charge on any atom is -0.376 e. The maximum Gasteiger partial charge on any atom is 0.257 e. The van der Waals surface area contributed by atoms with Crippen molar-refractivity contribution in [3.8, 4) is 0 Å². The molecular weight excluding hydrogens is 569 g/mol. The number of hydrogen-bond acceptors (Lipinski definition) is 8. The highest BCUT2D eigenvalue weighted by molar-refractivity contribution is 7.80. The lowest BCUT2D eigenvalue weighted by molar-refractivity contribution is 0.102. The summed E-state index contributed by atoms with van der Waals surface area (Å²) in [6.45, 7) is 0. The molecule has 0 fully saturated rings. The van der Waals surface area contributed by atoms with Gasteiger partial charge in [-0.05, 0) is 72.9 Å². The van der Waals surface area contributed by atoms with Crippen LogP contribution in [-0.2, 0) is 0 Å². The second kappa shape index (κ2) is 11.6. The second-order valence-electron chi connectivity index (χ2n) is 9.22. The van der Waals surface area contributed by atoms with E-state index in [9.17, 15) is 9.59 Å². The number of hydrogen-bond donors (Lipinski definition) is 7. The molecule has 10 nitrogen and oxygen atoms in total. The molecule has 42 heavy (non-hydrogen) atoms. The van der Waals surface area contributed by atoms with Gasteiger partial charge in [0.1, 0.15) is 0 Å². The molecule has 0 radical (unpaired) electrons. The van der Waals surface area contributed by atoms with Crippen LogP contribution in [0.2, 0.25) is 0 Å². The summed E-state index contributed by atoms with van der Waals surface area (Å²) < 4.78 is 0. The van der Waals surface area contributed by atoms with Crippen LogP contribution >= 0.6 is 23.6 Å². The predicted molar refractivity (Wildman–Crippen MR) is 174 cm³/mol. The maximum absolute atomic E-state index is 12.4. The van der Waals surface area contributed by atoms with Crippen molar-refractivity contribution in [1.29, 1.82) is 0 Å². The van der Waals surface area contributed by atoms with E-state index in [0.717, 1.165) is 44.9 Å². The molecule has 0 atom stereocenters. The number of nitrogens with zero attached hydrogens (tertiary/aromatic N) is 1. The van der Waals surface area contributed by atoms with Crippen LogP contribution in [0.1, 0.15) is 20.7 Å². The average Bonchev–Trinajstić information content (AvgIpc) is 3.39. The number of aromatic nitrogens is 1. The highest BCUT2D eigenvalue weighted by Crippen LogP contribution is 2.34. The molecule has 0 spiro atoms. The van der Waals surface area contributed by atoms with E-state index in [-0.39, 0.29) is 16.9 Å². The molecule has 3 heterocycles. The third kappa shape index (κ3) is 5.84. The summed E-state index contributed by atoms with van der Waals surface area (Å²) in [6, 6.07) is 26.2. The van der Waals surface area contributed by atoms with E-state index >= 15 is 0 Å². The van der Waals surface area contributed by atoms with Crippen molar-refractivity contribution in [1.82, 2.24) is 4.98 Å². The highest BCUT2D eigenvalue weighted by Gasteiger charge is 2.20. The number of thiazole rings is 1. The van der Waals surface area contributed by atoms with Crippen LogP contribution in [0.15, 0.2) is 96.5 Å². The number of carbonyl (C=O) groups is 2. The fourth-order valence-corrected chi connectivity index (χ4v) is 5.13. The van der Waals surface area contributed by atoms with E-state index in [1.807, 2.05) is 84.2 Å². The van der Waals surface area contributed by atoms with Gasteiger partial charge in [0, 0.05) is 23.0 Å². The zero-order chi connectivity index (χ0) is 29.1. The van der Waals surface area contributed by atoms with E-state index in [0.29, 0.717) is 16.8 Å². The van der Waals surface area contributed by atoms with Crippen LogP contribution < -0.4 is 37.6 Å². The Hall–Kier alpha value is -5.46. The fraction of sp³-hybridized carbons (Fsp3) is 0. The van der Waals surface area contributed by atoms with Crippen LogP contribution in [-0.4, -0.2) is 21.9 Å². The Kier molecular flexibility index (Phi) is 7.37. The molecule has 4 aromatic carbocycles. The lowest BCUT2D eigenvalue weighted by Crippen LogP contribution is -2.19. The Balaban J connectivity index is 0.000000151. The smallest absolute Gasteiger partial charge is 0.257 e. The number of anilines is 9. The molecule has 8 N–H and O–H groups in total. The third-order valence-electron chi connectivity index (χ3n) is 6.37. The molecule has 0 saturated carbocycles. The predicted octanol–water partition coefficient (Wildman–Crippen LogP) is 6.85. The quantitative estimate of drug-likeness (QED) is 0.112. The largest absolute Gasteiger partial charge is 0.376 e. The summed E-state index contributed by atoms with van der Waals surface area (Å²) in [5.74, 6) is -0.306. The Morgan fingerprint density at radius 1 is 0.690 bits per heavy atom. The monoisotopic (exact) mass is 592 g/mol. The number of para-hydroxylation sites is 4. The molecular formula is C30H24N8O2S2. The molecule has 12 heteroatoms. The van der Waals surface area contributed by atoms with E-state index in [1.54, 1.807) is 12.3 Å². The topological polar surface area (TPSA) is 145 Å². The van der Waals surface area contributed by atoms with Crippen molar-refractivity contribution >= 4 is 91.1 Å². The molecule has 1 aromatic heterocycles. The molecule has 2 aliphatic rings. The van der Waals surface area contributed by atoms with Crippen molar-refractivity contribution in [3.63, 3.8) is 0 Å². The first-order valence-corrected chi connectivity index (χ1v) is 14.1. The first-order chi connectivity index (χ1) is 20.4. The average molecular weight is 593 g/mol. The Labute approximate surface area is 250 Å². The number of rotatable bonds is 3. The molecule has 5 aromatic rings. The number of nitrogens with two attached hydrogens (primary N) is 1. The Morgan fingerprint density at radius 2 is 1.19 bits per heavy atom. The Morgan fingerprint density at radius 3 is 1.69 bits per heavy atom. The normalized spacial score (nSPS) is 12.4. The van der Waals surface area contributed by atoms with Gasteiger partial charge in [-0.15, -0.1) is 11.3 Å². The third-order valence-corrected chi connectivity index (χ3v) is 7.16. The van der Waals surface area contributed by atoms with Gasteiger partial charge in [-0.25, -0.2) is 4.98 Å². The fourth-order valence-electron chi connectivity index (χ4n) is 4.46. The van der Waals surface area contributed by atoms with Crippen LogP contribution in [0.4, 0.5) is 50.6 Å². The van der Waals surface area contributed by atoms with Gasteiger partial charge < -0.3 is 37.6 Å². The minimum atomic E-state index is -0.177. The standard InChI is InChI=1S/C16H12N4OS.C14H12N4OS/c21-15-11-9-10(18-16-17-7-8-22-16)5-6-12(11)19-13-3-1-2-4-14(13)20-15;15-14(20)16-8-5-6-10-9(7-8)13(19)18-12-4-2-1-3-11(12)17-10/h1-9,19H,(H,17,18)(H,20,21);1-7,17H,(H,18,19)(H3,15,16,20). The van der Waals surface area contributed by atoms with Crippen LogP contribution in [0, 0.1) is 0 Å². The molecule has 208 valence electrons. The van der Waals surface area contributed by atoms with Crippen molar-refractivity contribution in [3.05, 3.63) is 108 Å². The van der Waals surface area contributed by atoms with Crippen LogP contribution in [0.5, 0.6) is 0 Å². The van der Waals surface area contributed by atoms with Gasteiger partial charge in [-0.2, -0.15) is 0 Å². The van der Waals surface area contributed by atoms with Gasteiger partial charge >= 0.3 is 0 Å². The summed E-state index contributed by atoms with van der Waals surface area (Å²) in [7, 11) is 0. The van der Waals surface area contributed by atoms with Gasteiger partial charge in [0.2, 0.25) is 0 Å². The molecule has 0 saturated heterocycles. The minimum absolute atomic E-state index is 0.129. The molecule has 0 bridgehead atoms. The lowest BCUT2D eigenvalue weighted by atomic mass is 10.1. The molecule has 0 aliphatic carbocycles. The van der Waals surface area contributed by atoms with E-state index in [1.165, 1.54) is 11.3 Å². The number of thiocarbonyl (C=S) groups is 1. The molecule has 7 rings (SSSR count). The second-order valence-corrected chi connectivity index (χ2v) is 10.6. The van der Waals surface area contributed by atoms with Crippen molar-refractivity contribution in [2.75, 3.05) is 31.9 Å². The number of benzene rings is 4. The summed E-state index contributed by atoms with van der Waals surface area (Å²) in [4.78, 5) is 28.9. The first kappa shape index (κ1) is 26.7. The number of carbonyl (C=O) groups excluding carboxylic acids is 2. The number of nitrogens with one attached hydrogen (secondary N) is 6. The SMILES string of the molecule is NC(=S)Nc1ccc2c(c1)C(=O)Nc1ccccc1N2.O=C1Nc2ccccc2Nc2ccc(Nc3nccs3)cc21. The summed E-state index contributed by atoms with van der Waals surface area (Å²) in [5.41, 5.74) is 12.9. The summed E-state index contributed by atoms with van der Waals surface area (Å²) >= 11 is 6.31. The van der Waals surface area contributed by atoms with Gasteiger partial charge in [0.25, 0.3) is 11.8 Å².